The molecule has 0 aliphatic rings. The predicted octanol–water partition coefficient (Wildman–Crippen LogP) is 6.26. The summed E-state index contributed by atoms with van der Waals surface area (Å²) in [4.78, 5) is 17.2. The van der Waals surface area contributed by atoms with Gasteiger partial charge in [0.15, 0.2) is 0 Å². The van der Waals surface area contributed by atoms with Gasteiger partial charge in [0.2, 0.25) is 0 Å². The van der Waals surface area contributed by atoms with Gasteiger partial charge in [-0.25, -0.2) is 0 Å². The number of rotatable bonds is 8. The fourth-order valence-electron chi connectivity index (χ4n) is 3.23. The summed E-state index contributed by atoms with van der Waals surface area (Å²) in [7, 11) is 0. The van der Waals surface area contributed by atoms with E-state index in [1.165, 1.54) is 11.8 Å². The lowest BCUT2D eigenvalue weighted by Crippen LogP contribution is -2.19. The van der Waals surface area contributed by atoms with E-state index in [0.29, 0.717) is 23.8 Å². The molecule has 0 aliphatic carbocycles. The summed E-state index contributed by atoms with van der Waals surface area (Å²) < 4.78 is 6.06. The standard InChI is InChI=1S/C25H20ClNO3S/c26-20-9-11-21(12-10-20)31-24(25(28)29)14-19-6-2-4-8-23(19)30-16-17-13-18-5-1-3-7-22(18)27-15-17/h1-13,15,24H,14,16H2,(H,28,29). The Morgan fingerprint density at radius 3 is 2.58 bits per heavy atom. The normalized spacial score (nSPS) is 11.9. The fraction of sp³-hybridized carbons (Fsp3) is 0.120. The highest BCUT2D eigenvalue weighted by Crippen LogP contribution is 2.30. The second kappa shape index (κ2) is 9.86. The molecule has 0 amide bonds. The molecule has 0 bridgehead atoms. The van der Waals surface area contributed by atoms with Crippen LogP contribution in [0.4, 0.5) is 0 Å². The van der Waals surface area contributed by atoms with Gasteiger partial charge in [-0.15, -0.1) is 11.8 Å². The Morgan fingerprint density at radius 2 is 1.77 bits per heavy atom. The lowest BCUT2D eigenvalue weighted by molar-refractivity contribution is -0.136. The number of ether oxygens (including phenoxy) is 1. The Morgan fingerprint density at radius 1 is 1.03 bits per heavy atom. The lowest BCUT2D eigenvalue weighted by Gasteiger charge is -2.16. The van der Waals surface area contributed by atoms with Crippen LogP contribution in [0.3, 0.4) is 0 Å². The highest BCUT2D eigenvalue weighted by molar-refractivity contribution is 8.00. The van der Waals surface area contributed by atoms with Gasteiger partial charge in [-0.1, -0.05) is 48.0 Å². The molecule has 4 rings (SSSR count). The Kier molecular flexibility index (Phi) is 6.75. The number of hydrogen-bond donors (Lipinski definition) is 1. The van der Waals surface area contributed by atoms with Gasteiger partial charge in [0.25, 0.3) is 0 Å². The molecule has 0 aliphatic heterocycles. The van der Waals surface area contributed by atoms with E-state index in [-0.39, 0.29) is 0 Å². The van der Waals surface area contributed by atoms with Gasteiger partial charge < -0.3 is 9.84 Å². The first-order valence-corrected chi connectivity index (χ1v) is 11.0. The smallest absolute Gasteiger partial charge is 0.317 e. The topological polar surface area (TPSA) is 59.4 Å². The second-order valence-corrected chi connectivity index (χ2v) is 8.75. The average molecular weight is 450 g/mol. The number of carbonyl (C=O) groups is 1. The zero-order valence-corrected chi connectivity index (χ0v) is 18.1. The number of nitrogens with zero attached hydrogens (tertiary/aromatic N) is 1. The van der Waals surface area contributed by atoms with Crippen molar-refractivity contribution in [3.63, 3.8) is 0 Å². The SMILES string of the molecule is O=C(O)C(Cc1ccccc1OCc1cnc2ccccc2c1)Sc1ccc(Cl)cc1. The van der Waals surface area contributed by atoms with Gasteiger partial charge in [-0.2, -0.15) is 0 Å². The number of carboxylic acid groups (broad SMARTS) is 1. The van der Waals surface area contributed by atoms with E-state index in [2.05, 4.69) is 11.1 Å². The van der Waals surface area contributed by atoms with Crippen LogP contribution in [0, 0.1) is 0 Å². The summed E-state index contributed by atoms with van der Waals surface area (Å²) >= 11 is 7.23. The van der Waals surface area contributed by atoms with Gasteiger partial charge in [0, 0.05) is 27.1 Å². The lowest BCUT2D eigenvalue weighted by atomic mass is 10.1. The third-order valence-electron chi connectivity index (χ3n) is 4.79. The van der Waals surface area contributed by atoms with Crippen LogP contribution in [0.15, 0.2) is 90.0 Å². The molecular formula is C25H20ClNO3S. The Labute approximate surface area is 189 Å². The van der Waals surface area contributed by atoms with Crippen LogP contribution in [0.25, 0.3) is 10.9 Å². The Bertz CT molecular complexity index is 1200. The van der Waals surface area contributed by atoms with Crippen LogP contribution in [-0.2, 0) is 17.8 Å². The number of aromatic nitrogens is 1. The summed E-state index contributed by atoms with van der Waals surface area (Å²) in [6.45, 7) is 0.358. The predicted molar refractivity (Wildman–Crippen MR) is 125 cm³/mol. The molecule has 0 saturated carbocycles. The van der Waals surface area contributed by atoms with Crippen molar-refractivity contribution in [2.45, 2.75) is 23.2 Å². The average Bonchev–Trinajstić information content (AvgIpc) is 2.79. The minimum Gasteiger partial charge on any atom is -0.489 e. The van der Waals surface area contributed by atoms with Gasteiger partial charge in [-0.3, -0.25) is 9.78 Å². The van der Waals surface area contributed by atoms with E-state index >= 15 is 0 Å². The summed E-state index contributed by atoms with van der Waals surface area (Å²) in [5.41, 5.74) is 2.75. The van der Waals surface area contributed by atoms with Crippen LogP contribution in [-0.4, -0.2) is 21.3 Å². The van der Waals surface area contributed by atoms with Gasteiger partial charge >= 0.3 is 5.97 Å². The van der Waals surface area contributed by atoms with Crippen molar-refractivity contribution in [2.24, 2.45) is 0 Å². The molecule has 0 radical (unpaired) electrons. The molecule has 1 aromatic heterocycles. The highest BCUT2D eigenvalue weighted by Gasteiger charge is 2.21. The molecule has 3 aromatic carbocycles. The van der Waals surface area contributed by atoms with Crippen molar-refractivity contribution >= 4 is 40.2 Å². The number of thioether (sulfide) groups is 1. The van der Waals surface area contributed by atoms with E-state index in [9.17, 15) is 9.90 Å². The van der Waals surface area contributed by atoms with Gasteiger partial charge in [0.05, 0.1) is 5.52 Å². The van der Waals surface area contributed by atoms with E-state index in [4.69, 9.17) is 16.3 Å². The highest BCUT2D eigenvalue weighted by atomic mass is 35.5. The number of benzene rings is 3. The number of hydrogen-bond acceptors (Lipinski definition) is 4. The van der Waals surface area contributed by atoms with Crippen LogP contribution < -0.4 is 4.74 Å². The number of pyridine rings is 1. The largest absolute Gasteiger partial charge is 0.489 e. The monoisotopic (exact) mass is 449 g/mol. The fourth-order valence-corrected chi connectivity index (χ4v) is 4.34. The first-order valence-electron chi connectivity index (χ1n) is 9.78. The maximum absolute atomic E-state index is 11.9. The van der Waals surface area contributed by atoms with Crippen LogP contribution >= 0.6 is 23.4 Å². The zero-order chi connectivity index (χ0) is 21.6. The van der Waals surface area contributed by atoms with E-state index < -0.39 is 11.2 Å². The van der Waals surface area contributed by atoms with Crippen molar-refractivity contribution in [3.05, 3.63) is 101 Å². The van der Waals surface area contributed by atoms with Crippen molar-refractivity contribution in [1.29, 1.82) is 0 Å². The van der Waals surface area contributed by atoms with E-state index in [0.717, 1.165) is 26.9 Å². The molecule has 6 heteroatoms. The van der Waals surface area contributed by atoms with Crippen molar-refractivity contribution < 1.29 is 14.6 Å². The molecule has 4 aromatic rings. The van der Waals surface area contributed by atoms with Gasteiger partial charge in [0.1, 0.15) is 17.6 Å². The van der Waals surface area contributed by atoms with E-state index in [1.807, 2.05) is 60.7 Å². The van der Waals surface area contributed by atoms with Crippen LogP contribution in [0.1, 0.15) is 11.1 Å². The molecule has 0 saturated heterocycles. The third kappa shape index (κ3) is 5.57. The van der Waals surface area contributed by atoms with Crippen LogP contribution in [0.5, 0.6) is 5.75 Å². The third-order valence-corrected chi connectivity index (χ3v) is 6.24. The van der Waals surface area contributed by atoms with Gasteiger partial charge in [-0.05, 0) is 54.4 Å². The molecule has 4 nitrogen and oxygen atoms in total. The molecule has 1 N–H and O–H groups in total. The molecule has 1 heterocycles. The number of fused-ring (bicyclic) bond motifs is 1. The van der Waals surface area contributed by atoms with E-state index in [1.54, 1.807) is 18.3 Å². The van der Waals surface area contributed by atoms with Crippen molar-refractivity contribution in [3.8, 4) is 5.75 Å². The van der Waals surface area contributed by atoms with Crippen molar-refractivity contribution in [1.82, 2.24) is 4.98 Å². The molecule has 1 unspecified atom stereocenters. The molecule has 156 valence electrons. The Balaban J connectivity index is 1.48. The molecule has 0 fully saturated rings. The summed E-state index contributed by atoms with van der Waals surface area (Å²) in [6.07, 6.45) is 2.15. The second-order valence-electron chi connectivity index (χ2n) is 7.04. The molecular weight excluding hydrogens is 430 g/mol. The summed E-state index contributed by atoms with van der Waals surface area (Å²) in [6, 6.07) is 24.7. The first-order chi connectivity index (χ1) is 15.1. The number of para-hydroxylation sites is 2. The summed E-state index contributed by atoms with van der Waals surface area (Å²) in [5.74, 6) is -0.188. The quantitative estimate of drug-likeness (QED) is 0.322. The first kappa shape index (κ1) is 21.2. The minimum atomic E-state index is -0.867. The molecule has 31 heavy (non-hydrogen) atoms. The Hall–Kier alpha value is -3.02. The molecule has 1 atom stereocenters. The zero-order valence-electron chi connectivity index (χ0n) is 16.6. The maximum Gasteiger partial charge on any atom is 0.317 e. The van der Waals surface area contributed by atoms with Crippen molar-refractivity contribution in [2.75, 3.05) is 0 Å². The number of aliphatic carboxylic acids is 1. The minimum absolute atomic E-state index is 0.342. The number of halogens is 1. The number of carboxylic acids is 1. The molecule has 0 spiro atoms. The van der Waals surface area contributed by atoms with Crippen LogP contribution in [0.2, 0.25) is 5.02 Å². The summed E-state index contributed by atoms with van der Waals surface area (Å²) in [5, 5.41) is 10.8. The maximum atomic E-state index is 11.9.